The van der Waals surface area contributed by atoms with Crippen molar-refractivity contribution < 1.29 is 0 Å². The van der Waals surface area contributed by atoms with Crippen LogP contribution in [0.2, 0.25) is 0 Å². The summed E-state index contributed by atoms with van der Waals surface area (Å²) in [6.07, 6.45) is 4.60. The molecule has 3 rings (SSSR count). The van der Waals surface area contributed by atoms with E-state index in [4.69, 9.17) is 0 Å². The first-order valence-electron chi connectivity index (χ1n) is 9.29. The number of guanidine groups is 1. The number of piperidine rings is 1. The molecule has 7 heteroatoms. The summed E-state index contributed by atoms with van der Waals surface area (Å²) in [5.41, 5.74) is 0.852. The van der Waals surface area contributed by atoms with Gasteiger partial charge in [-0.15, -0.1) is 10.2 Å². The molecule has 0 bridgehead atoms. The molecule has 0 unspecified atom stereocenters. The van der Waals surface area contributed by atoms with E-state index < -0.39 is 0 Å². The minimum absolute atomic E-state index is 0.502. The molecule has 0 aliphatic carbocycles. The highest BCUT2D eigenvalue weighted by Crippen LogP contribution is 2.15. The van der Waals surface area contributed by atoms with Crippen LogP contribution in [0.5, 0.6) is 0 Å². The fourth-order valence-electron chi connectivity index (χ4n) is 3.11. The molecule has 2 aromatic rings. The van der Waals surface area contributed by atoms with Crippen molar-refractivity contribution in [3.63, 3.8) is 0 Å². The summed E-state index contributed by atoms with van der Waals surface area (Å²) in [6, 6.07) is 5.89. The zero-order chi connectivity index (χ0) is 17.5. The number of likely N-dealkylation sites (tertiary alicyclic amines) is 1. The van der Waals surface area contributed by atoms with Crippen LogP contribution in [0.4, 0.5) is 0 Å². The summed E-state index contributed by atoms with van der Waals surface area (Å²) in [6.45, 7) is 10.2. The van der Waals surface area contributed by atoms with Crippen molar-refractivity contribution in [3.05, 3.63) is 30.2 Å². The Hall–Kier alpha value is -2.15. The molecule has 2 N–H and O–H groups in total. The van der Waals surface area contributed by atoms with Gasteiger partial charge in [0.1, 0.15) is 6.54 Å². The summed E-state index contributed by atoms with van der Waals surface area (Å²) < 4.78 is 1.97. The van der Waals surface area contributed by atoms with Crippen molar-refractivity contribution in [1.82, 2.24) is 30.1 Å². The summed E-state index contributed by atoms with van der Waals surface area (Å²) in [7, 11) is 0. The molecule has 7 nitrogen and oxygen atoms in total. The first kappa shape index (κ1) is 17.7. The van der Waals surface area contributed by atoms with Crippen LogP contribution in [-0.2, 0) is 6.54 Å². The molecular weight excluding hydrogens is 314 g/mol. The van der Waals surface area contributed by atoms with Crippen LogP contribution in [0.15, 0.2) is 29.4 Å². The Morgan fingerprint density at radius 2 is 2.08 bits per heavy atom. The maximum absolute atomic E-state index is 4.65. The lowest BCUT2D eigenvalue weighted by molar-refractivity contribution is 0.195. The van der Waals surface area contributed by atoms with Crippen molar-refractivity contribution in [2.75, 3.05) is 32.7 Å². The van der Waals surface area contributed by atoms with Gasteiger partial charge in [-0.2, -0.15) is 0 Å². The molecule has 1 fully saturated rings. The number of hydrogen-bond donors (Lipinski definition) is 2. The maximum atomic E-state index is 4.65. The van der Waals surface area contributed by atoms with Gasteiger partial charge in [-0.3, -0.25) is 4.40 Å². The molecule has 0 atom stereocenters. The second-order valence-corrected chi connectivity index (χ2v) is 6.69. The van der Waals surface area contributed by atoms with E-state index in [0.717, 1.165) is 43.0 Å². The molecule has 1 aliphatic heterocycles. The summed E-state index contributed by atoms with van der Waals surface area (Å²) >= 11 is 0. The highest BCUT2D eigenvalue weighted by atomic mass is 15.3. The number of pyridine rings is 1. The van der Waals surface area contributed by atoms with Gasteiger partial charge in [0.15, 0.2) is 17.4 Å². The zero-order valence-corrected chi connectivity index (χ0v) is 15.3. The van der Waals surface area contributed by atoms with Gasteiger partial charge >= 0.3 is 0 Å². The van der Waals surface area contributed by atoms with Crippen LogP contribution in [0.3, 0.4) is 0 Å². The molecule has 25 heavy (non-hydrogen) atoms. The minimum atomic E-state index is 0.502. The Labute approximate surface area is 149 Å². The quantitative estimate of drug-likeness (QED) is 0.615. The first-order valence-corrected chi connectivity index (χ1v) is 9.29. The van der Waals surface area contributed by atoms with E-state index in [1.165, 1.54) is 25.9 Å². The van der Waals surface area contributed by atoms with Gasteiger partial charge in [0.2, 0.25) is 0 Å². The highest BCUT2D eigenvalue weighted by Gasteiger charge is 2.15. The van der Waals surface area contributed by atoms with Crippen LogP contribution in [-0.4, -0.2) is 58.2 Å². The maximum Gasteiger partial charge on any atom is 0.191 e. The second kappa shape index (κ2) is 8.80. The summed E-state index contributed by atoms with van der Waals surface area (Å²) in [5, 5.41) is 15.1. The van der Waals surface area contributed by atoms with Crippen LogP contribution in [0.1, 0.15) is 32.5 Å². The third-order valence-corrected chi connectivity index (χ3v) is 4.70. The molecule has 0 spiro atoms. The third kappa shape index (κ3) is 4.92. The van der Waals surface area contributed by atoms with E-state index in [9.17, 15) is 0 Å². The van der Waals surface area contributed by atoms with E-state index in [-0.39, 0.29) is 0 Å². The second-order valence-electron chi connectivity index (χ2n) is 6.69. The van der Waals surface area contributed by atoms with Gasteiger partial charge in [-0.1, -0.05) is 13.0 Å². The summed E-state index contributed by atoms with van der Waals surface area (Å²) in [4.78, 5) is 7.18. The van der Waals surface area contributed by atoms with Gasteiger partial charge in [0.05, 0.1) is 0 Å². The predicted molar refractivity (Wildman–Crippen MR) is 101 cm³/mol. The Kier molecular flexibility index (Phi) is 6.22. The van der Waals surface area contributed by atoms with Gasteiger partial charge in [-0.25, -0.2) is 4.99 Å². The summed E-state index contributed by atoms with van der Waals surface area (Å²) in [5.74, 6) is 2.56. The van der Waals surface area contributed by atoms with Crippen molar-refractivity contribution >= 4 is 11.6 Å². The fourth-order valence-corrected chi connectivity index (χ4v) is 3.11. The Morgan fingerprint density at radius 1 is 1.24 bits per heavy atom. The van der Waals surface area contributed by atoms with Crippen LogP contribution < -0.4 is 10.6 Å². The van der Waals surface area contributed by atoms with Crippen LogP contribution in [0.25, 0.3) is 5.65 Å². The molecule has 3 heterocycles. The standard InChI is InChI=1S/C18H29N7/c1-3-19-18(20-9-13-24-11-7-15(2)8-12-24)21-14-17-23-22-16-6-4-5-10-25(16)17/h4-6,10,15H,3,7-9,11-14H2,1-2H3,(H2,19,20,21). The van der Waals surface area contributed by atoms with Crippen molar-refractivity contribution in [2.24, 2.45) is 10.9 Å². The minimum Gasteiger partial charge on any atom is -0.357 e. The van der Waals surface area contributed by atoms with Gasteiger partial charge in [0, 0.05) is 25.8 Å². The number of hydrogen-bond acceptors (Lipinski definition) is 4. The largest absolute Gasteiger partial charge is 0.357 e. The first-order chi connectivity index (χ1) is 12.3. The molecule has 0 aromatic carbocycles. The predicted octanol–water partition coefficient (Wildman–Crippen LogP) is 1.52. The average Bonchev–Trinajstić information content (AvgIpc) is 3.04. The molecule has 1 aliphatic rings. The van der Waals surface area contributed by atoms with Crippen LogP contribution >= 0.6 is 0 Å². The topological polar surface area (TPSA) is 69.8 Å². The van der Waals surface area contributed by atoms with Crippen molar-refractivity contribution in [3.8, 4) is 0 Å². The SMILES string of the molecule is CCNC(=NCc1nnc2ccccn12)NCCN1CCC(C)CC1. The number of fused-ring (bicyclic) bond motifs is 1. The Morgan fingerprint density at radius 3 is 2.88 bits per heavy atom. The van der Waals surface area contributed by atoms with E-state index in [1.807, 2.05) is 28.8 Å². The lowest BCUT2D eigenvalue weighted by Crippen LogP contribution is -2.43. The van der Waals surface area contributed by atoms with Crippen molar-refractivity contribution in [2.45, 2.75) is 33.2 Å². The Balaban J connectivity index is 1.52. The Bertz CT molecular complexity index is 686. The highest BCUT2D eigenvalue weighted by molar-refractivity contribution is 5.79. The monoisotopic (exact) mass is 343 g/mol. The van der Waals surface area contributed by atoms with Gasteiger partial charge in [-0.05, 0) is 50.9 Å². The number of rotatable bonds is 6. The average molecular weight is 343 g/mol. The van der Waals surface area contributed by atoms with E-state index in [2.05, 4.69) is 44.6 Å². The fraction of sp³-hybridized carbons (Fsp3) is 0.611. The van der Waals surface area contributed by atoms with Gasteiger partial charge in [0.25, 0.3) is 0 Å². The molecule has 136 valence electrons. The van der Waals surface area contributed by atoms with Gasteiger partial charge < -0.3 is 15.5 Å². The third-order valence-electron chi connectivity index (χ3n) is 4.70. The van der Waals surface area contributed by atoms with E-state index in [1.54, 1.807) is 0 Å². The number of nitrogens with zero attached hydrogens (tertiary/aromatic N) is 5. The molecule has 0 radical (unpaired) electrons. The zero-order valence-electron chi connectivity index (χ0n) is 15.3. The lowest BCUT2D eigenvalue weighted by atomic mass is 9.99. The van der Waals surface area contributed by atoms with Crippen molar-refractivity contribution in [1.29, 1.82) is 0 Å². The lowest BCUT2D eigenvalue weighted by Gasteiger charge is -2.30. The molecular formula is C18H29N7. The normalized spacial score (nSPS) is 17.1. The number of aromatic nitrogens is 3. The van der Waals surface area contributed by atoms with E-state index >= 15 is 0 Å². The number of aliphatic imine (C=N–C) groups is 1. The number of nitrogens with one attached hydrogen (secondary N) is 2. The molecule has 0 amide bonds. The smallest absolute Gasteiger partial charge is 0.191 e. The molecule has 0 saturated carbocycles. The van der Waals surface area contributed by atoms with E-state index in [0.29, 0.717) is 6.54 Å². The van der Waals surface area contributed by atoms with Crippen LogP contribution in [0, 0.1) is 5.92 Å². The molecule has 1 saturated heterocycles. The molecule has 2 aromatic heterocycles.